The molecule has 1 fully saturated rings. The number of benzene rings is 1. The van der Waals surface area contributed by atoms with E-state index < -0.39 is 47.6 Å². The molecule has 4 atom stereocenters. The minimum Gasteiger partial charge on any atom is -0.490 e. The quantitative estimate of drug-likeness (QED) is 0.524. The molecule has 30 heavy (non-hydrogen) atoms. The van der Waals surface area contributed by atoms with Crippen LogP contribution in [0.3, 0.4) is 0 Å². The van der Waals surface area contributed by atoms with Gasteiger partial charge in [0, 0.05) is 5.56 Å². The van der Waals surface area contributed by atoms with Crippen molar-refractivity contribution in [3.63, 3.8) is 0 Å². The molecule has 162 valence electrons. The third-order valence-electron chi connectivity index (χ3n) is 5.04. The lowest BCUT2D eigenvalue weighted by atomic mass is 9.98. The van der Waals surface area contributed by atoms with E-state index in [4.69, 9.17) is 9.47 Å². The molecular weight excluding hydrogens is 403 g/mol. The van der Waals surface area contributed by atoms with Crippen molar-refractivity contribution in [3.05, 3.63) is 61.2 Å². The summed E-state index contributed by atoms with van der Waals surface area (Å²) in [5.41, 5.74) is -0.519. The first-order valence-electron chi connectivity index (χ1n) is 9.02. The fourth-order valence-corrected chi connectivity index (χ4v) is 3.63. The molecule has 2 aromatic rings. The maximum absolute atomic E-state index is 13.6. The summed E-state index contributed by atoms with van der Waals surface area (Å²) in [7, 11) is 0. The van der Waals surface area contributed by atoms with Crippen molar-refractivity contribution in [2.24, 2.45) is 0 Å². The molecule has 0 amide bonds. The van der Waals surface area contributed by atoms with Crippen molar-refractivity contribution in [1.82, 2.24) is 9.55 Å². The average Bonchev–Trinajstić information content (AvgIpc) is 2.92. The van der Waals surface area contributed by atoms with E-state index >= 15 is 0 Å². The molecule has 11 heteroatoms. The molecule has 0 bridgehead atoms. The Hall–Kier alpha value is -3.02. The average molecular weight is 424 g/mol. The highest BCUT2D eigenvalue weighted by molar-refractivity contribution is 5.92. The van der Waals surface area contributed by atoms with Gasteiger partial charge in [-0.2, -0.15) is 4.39 Å². The van der Waals surface area contributed by atoms with Crippen LogP contribution in [0.15, 0.2) is 21.9 Å². The summed E-state index contributed by atoms with van der Waals surface area (Å²) < 4.78 is 25.4. The largest absolute Gasteiger partial charge is 0.490 e. The van der Waals surface area contributed by atoms with Crippen molar-refractivity contribution >= 4 is 5.97 Å². The maximum atomic E-state index is 13.6. The standard InChI is InChI=1S/C19H21FN2O8/c1-7-4-8(2)15(9(3)12(7)18(26)27)29-6-11-13(23)14(24)17(30-11)22-5-10(20)16(25)21-19(22)28/h4-5,11,13-14,17,23-24H,6H2,1-3H3,(H,26,27)(H,21,25,28)/t11-,13?,14?,17-/m0/s1. The van der Waals surface area contributed by atoms with Gasteiger partial charge < -0.3 is 24.8 Å². The van der Waals surface area contributed by atoms with Crippen molar-refractivity contribution in [1.29, 1.82) is 0 Å². The first-order chi connectivity index (χ1) is 14.0. The molecule has 0 saturated carbocycles. The molecule has 3 rings (SSSR count). The number of carboxylic acid groups (broad SMARTS) is 1. The van der Waals surface area contributed by atoms with Crippen LogP contribution < -0.4 is 16.0 Å². The van der Waals surface area contributed by atoms with Crippen molar-refractivity contribution in [2.75, 3.05) is 6.61 Å². The van der Waals surface area contributed by atoms with Crippen molar-refractivity contribution < 1.29 is 34.0 Å². The number of hydrogen-bond acceptors (Lipinski definition) is 7. The van der Waals surface area contributed by atoms with Crippen molar-refractivity contribution in [3.8, 4) is 5.75 Å². The zero-order chi connectivity index (χ0) is 22.3. The summed E-state index contributed by atoms with van der Waals surface area (Å²) in [5, 5.41) is 29.9. The number of H-pyrrole nitrogens is 1. The molecule has 2 unspecified atom stereocenters. The lowest BCUT2D eigenvalue weighted by molar-refractivity contribution is -0.0521. The van der Waals surface area contributed by atoms with Crippen LogP contribution in [0.1, 0.15) is 33.3 Å². The number of aryl methyl sites for hydroxylation is 2. The van der Waals surface area contributed by atoms with E-state index in [1.807, 2.05) is 0 Å². The number of aliphatic hydroxyl groups is 2. The number of rotatable bonds is 5. The van der Waals surface area contributed by atoms with Gasteiger partial charge in [0.05, 0.1) is 11.8 Å². The molecule has 4 N–H and O–H groups in total. The number of hydrogen-bond donors (Lipinski definition) is 4. The van der Waals surface area contributed by atoms with Crippen LogP contribution >= 0.6 is 0 Å². The number of carboxylic acids is 1. The number of nitrogens with zero attached hydrogens (tertiary/aromatic N) is 1. The molecule has 0 spiro atoms. The van der Waals surface area contributed by atoms with Crippen molar-refractivity contribution in [2.45, 2.75) is 45.3 Å². The van der Waals surface area contributed by atoms with Gasteiger partial charge in [0.2, 0.25) is 5.82 Å². The highest BCUT2D eigenvalue weighted by atomic mass is 19.1. The van der Waals surface area contributed by atoms with Gasteiger partial charge in [-0.1, -0.05) is 6.07 Å². The number of ether oxygens (including phenoxy) is 2. The first kappa shape index (κ1) is 21.7. The second-order valence-corrected chi connectivity index (χ2v) is 7.15. The Balaban J connectivity index is 1.84. The summed E-state index contributed by atoms with van der Waals surface area (Å²) in [6.45, 7) is 4.70. The monoisotopic (exact) mass is 424 g/mol. The molecule has 10 nitrogen and oxygen atoms in total. The number of aromatic carboxylic acids is 1. The Morgan fingerprint density at radius 2 is 1.90 bits per heavy atom. The summed E-state index contributed by atoms with van der Waals surface area (Å²) in [6.07, 6.45) is -5.07. The summed E-state index contributed by atoms with van der Waals surface area (Å²) in [6, 6.07) is 1.65. The van der Waals surface area contributed by atoms with Crippen LogP contribution in [0.25, 0.3) is 0 Å². The van der Waals surface area contributed by atoms with E-state index in [0.717, 1.165) is 0 Å². The molecule has 1 aromatic carbocycles. The number of aromatic nitrogens is 2. The summed E-state index contributed by atoms with van der Waals surface area (Å²) >= 11 is 0. The van der Waals surface area contributed by atoms with Gasteiger partial charge in [-0.25, -0.2) is 9.59 Å². The number of carbonyl (C=O) groups is 1. The van der Waals surface area contributed by atoms with Gasteiger partial charge in [-0.15, -0.1) is 0 Å². The topological polar surface area (TPSA) is 151 Å². The fourth-order valence-electron chi connectivity index (χ4n) is 3.63. The highest BCUT2D eigenvalue weighted by Crippen LogP contribution is 2.32. The fraction of sp³-hybridized carbons (Fsp3) is 0.421. The lowest BCUT2D eigenvalue weighted by Gasteiger charge is -2.20. The first-order valence-corrected chi connectivity index (χ1v) is 9.02. The van der Waals surface area contributed by atoms with E-state index in [-0.39, 0.29) is 12.2 Å². The Kier molecular flexibility index (Phi) is 5.79. The third-order valence-corrected chi connectivity index (χ3v) is 5.04. The highest BCUT2D eigenvalue weighted by Gasteiger charge is 2.44. The minimum absolute atomic E-state index is 0.0941. The van der Waals surface area contributed by atoms with E-state index in [0.29, 0.717) is 33.2 Å². The second kappa shape index (κ2) is 8.01. The van der Waals surface area contributed by atoms with E-state index in [1.54, 1.807) is 31.8 Å². The van der Waals surface area contributed by atoms with Crippen LogP contribution in [-0.4, -0.2) is 55.8 Å². The molecule has 2 heterocycles. The molecule has 1 aliphatic heterocycles. The molecular formula is C19H21FN2O8. The van der Waals surface area contributed by atoms with Crippen LogP contribution in [0.5, 0.6) is 5.75 Å². The number of aliphatic hydroxyl groups excluding tert-OH is 2. The Bertz CT molecular complexity index is 1110. The van der Waals surface area contributed by atoms with Gasteiger partial charge in [0.15, 0.2) is 6.23 Å². The zero-order valence-corrected chi connectivity index (χ0v) is 16.4. The number of nitrogens with one attached hydrogen (secondary N) is 1. The van der Waals surface area contributed by atoms with Gasteiger partial charge >= 0.3 is 11.7 Å². The Morgan fingerprint density at radius 1 is 1.23 bits per heavy atom. The van der Waals surface area contributed by atoms with E-state index in [1.165, 1.54) is 0 Å². The van der Waals surface area contributed by atoms with Gasteiger partial charge in [0.25, 0.3) is 5.56 Å². The lowest BCUT2D eigenvalue weighted by Crippen LogP contribution is -2.38. The summed E-state index contributed by atoms with van der Waals surface area (Å²) in [4.78, 5) is 36.4. The van der Waals surface area contributed by atoms with Gasteiger partial charge in [-0.3, -0.25) is 14.3 Å². The maximum Gasteiger partial charge on any atom is 0.336 e. The SMILES string of the molecule is Cc1cc(C)c(C(=O)O)c(C)c1OC[C@@H]1O[C@H](n2cc(F)c(=O)[nH]c2=O)C(O)C1O. The Labute approximate surface area is 169 Å². The number of halogens is 1. The van der Waals surface area contributed by atoms with Crippen LogP contribution in [-0.2, 0) is 4.74 Å². The zero-order valence-electron chi connectivity index (χ0n) is 16.4. The van der Waals surface area contributed by atoms with Crippen LogP contribution in [0.2, 0.25) is 0 Å². The Morgan fingerprint density at radius 3 is 2.53 bits per heavy atom. The van der Waals surface area contributed by atoms with Gasteiger partial charge in [0.1, 0.15) is 30.7 Å². The predicted molar refractivity (Wildman–Crippen MR) is 100 cm³/mol. The molecule has 1 saturated heterocycles. The molecule has 0 radical (unpaired) electrons. The normalized spacial score (nSPS) is 23.5. The predicted octanol–water partition coefficient (Wildman–Crippen LogP) is -0.00264. The number of aromatic amines is 1. The second-order valence-electron chi connectivity index (χ2n) is 7.15. The summed E-state index contributed by atoms with van der Waals surface area (Å²) in [5.74, 6) is -2.08. The minimum atomic E-state index is -1.60. The van der Waals surface area contributed by atoms with E-state index in [2.05, 4.69) is 0 Å². The van der Waals surface area contributed by atoms with Crippen LogP contribution in [0.4, 0.5) is 4.39 Å². The van der Waals surface area contributed by atoms with Gasteiger partial charge in [-0.05, 0) is 31.9 Å². The molecule has 0 aliphatic carbocycles. The third kappa shape index (κ3) is 3.74. The molecule has 1 aliphatic rings. The van der Waals surface area contributed by atoms with E-state index in [9.17, 15) is 34.1 Å². The smallest absolute Gasteiger partial charge is 0.336 e. The van der Waals surface area contributed by atoms with Crippen LogP contribution in [0, 0.1) is 26.6 Å². The molecule has 1 aromatic heterocycles.